The van der Waals surface area contributed by atoms with Gasteiger partial charge in [0.1, 0.15) is 5.69 Å². The van der Waals surface area contributed by atoms with Crippen LogP contribution in [-0.4, -0.2) is 27.8 Å². The highest BCUT2D eigenvalue weighted by Gasteiger charge is 2.20. The molecular weight excluding hydrogens is 320 g/mol. The summed E-state index contributed by atoms with van der Waals surface area (Å²) in [7, 11) is 0. The van der Waals surface area contributed by atoms with Crippen LogP contribution < -0.4 is 10.9 Å². The Labute approximate surface area is 146 Å². The van der Waals surface area contributed by atoms with Gasteiger partial charge in [0.2, 0.25) is 5.95 Å². The average Bonchev–Trinajstić information content (AvgIpc) is 2.54. The third kappa shape index (κ3) is 5.14. The predicted octanol–water partition coefficient (Wildman–Crippen LogP) is 3.16. The molecule has 0 saturated heterocycles. The largest absolute Gasteiger partial charge is 0.462 e. The van der Waals surface area contributed by atoms with Crippen molar-refractivity contribution in [1.29, 1.82) is 0 Å². The van der Waals surface area contributed by atoms with Crippen molar-refractivity contribution in [3.63, 3.8) is 0 Å². The molecule has 0 aliphatic rings. The number of nitrogens with one attached hydrogen (secondary N) is 2. The molecule has 0 fully saturated rings. The van der Waals surface area contributed by atoms with Crippen molar-refractivity contribution in [2.75, 3.05) is 11.9 Å². The molecule has 2 rings (SSSR count). The monoisotopic (exact) mass is 344 g/mol. The highest BCUT2D eigenvalue weighted by Crippen LogP contribution is 2.17. The first-order valence-corrected chi connectivity index (χ1v) is 8.33. The molecule has 2 N–H and O–H groups in total. The molecule has 1 aromatic carbocycles. The van der Waals surface area contributed by atoms with Crippen LogP contribution in [0.15, 0.2) is 29.1 Å². The second-order valence-electron chi connectivity index (χ2n) is 6.79. The second-order valence-corrected chi connectivity index (χ2v) is 6.79. The van der Waals surface area contributed by atoms with Gasteiger partial charge in [0.25, 0.3) is 5.56 Å². The fraction of sp³-hybridized carbons (Fsp3) is 0.444. The Hall–Kier alpha value is -2.70. The van der Waals surface area contributed by atoms with Gasteiger partial charge in [-0.25, -0.2) is 4.79 Å². The van der Waals surface area contributed by atoms with E-state index in [4.69, 9.17) is 4.74 Å². The summed E-state index contributed by atoms with van der Waals surface area (Å²) in [5.41, 5.74) is 0.881. The minimum atomic E-state index is -0.376. The van der Waals surface area contributed by atoms with Crippen molar-refractivity contribution >= 4 is 17.6 Å². The number of H-pyrrole nitrogens is 1. The van der Waals surface area contributed by atoms with E-state index >= 15 is 0 Å². The van der Waals surface area contributed by atoms with E-state index in [1.165, 1.54) is 0 Å². The van der Waals surface area contributed by atoms with E-state index in [1.54, 1.807) is 24.3 Å². The molecule has 134 valence electrons. The highest BCUT2D eigenvalue weighted by molar-refractivity contribution is 5.89. The summed E-state index contributed by atoms with van der Waals surface area (Å²) in [6.45, 7) is 8.16. The van der Waals surface area contributed by atoms with E-state index in [2.05, 4.69) is 20.5 Å². The first kappa shape index (κ1) is 18.6. The van der Waals surface area contributed by atoms with Crippen LogP contribution in [0.25, 0.3) is 0 Å². The van der Waals surface area contributed by atoms with E-state index in [-0.39, 0.29) is 22.9 Å². The molecule has 0 aliphatic heterocycles. The maximum atomic E-state index is 12.1. The minimum absolute atomic E-state index is 0.247. The molecule has 0 radical (unpaired) electrons. The molecule has 7 heteroatoms. The summed E-state index contributed by atoms with van der Waals surface area (Å²) in [4.78, 5) is 26.6. The number of unbranched alkanes of at least 4 members (excludes halogenated alkanes) is 1. The van der Waals surface area contributed by atoms with Crippen LogP contribution >= 0.6 is 0 Å². The number of carbonyl (C=O) groups excluding carboxylic acids is 1. The maximum absolute atomic E-state index is 12.1. The van der Waals surface area contributed by atoms with Crippen molar-refractivity contribution in [2.24, 2.45) is 0 Å². The predicted molar refractivity (Wildman–Crippen MR) is 96.3 cm³/mol. The van der Waals surface area contributed by atoms with Gasteiger partial charge >= 0.3 is 5.97 Å². The molecule has 1 heterocycles. The Morgan fingerprint density at radius 1 is 1.20 bits per heavy atom. The Bertz CT molecular complexity index is 776. The summed E-state index contributed by atoms with van der Waals surface area (Å²) >= 11 is 0. The third-order valence-corrected chi connectivity index (χ3v) is 3.52. The molecule has 7 nitrogen and oxygen atoms in total. The van der Waals surface area contributed by atoms with Crippen molar-refractivity contribution < 1.29 is 9.53 Å². The van der Waals surface area contributed by atoms with Crippen molar-refractivity contribution in [3.8, 4) is 0 Å². The summed E-state index contributed by atoms with van der Waals surface area (Å²) < 4.78 is 5.16. The summed E-state index contributed by atoms with van der Waals surface area (Å²) in [6.07, 6.45) is 1.82. The van der Waals surface area contributed by atoms with Gasteiger partial charge in [0.05, 0.1) is 12.2 Å². The van der Waals surface area contributed by atoms with Crippen molar-refractivity contribution in [2.45, 2.75) is 46.0 Å². The lowest BCUT2D eigenvalue weighted by atomic mass is 9.93. The normalized spacial score (nSPS) is 11.2. The number of aromatic amines is 1. The van der Waals surface area contributed by atoms with Gasteiger partial charge in [-0.15, -0.1) is 10.2 Å². The van der Waals surface area contributed by atoms with Crippen LogP contribution in [0.4, 0.5) is 11.6 Å². The Morgan fingerprint density at radius 2 is 1.88 bits per heavy atom. The zero-order valence-electron chi connectivity index (χ0n) is 15.0. The van der Waals surface area contributed by atoms with Gasteiger partial charge in [-0.1, -0.05) is 34.1 Å². The molecule has 0 bridgehead atoms. The molecule has 2 aromatic rings. The van der Waals surface area contributed by atoms with E-state index < -0.39 is 0 Å². The Balaban J connectivity index is 2.05. The molecule has 25 heavy (non-hydrogen) atoms. The van der Waals surface area contributed by atoms with Crippen LogP contribution in [0.2, 0.25) is 0 Å². The zero-order chi connectivity index (χ0) is 18.4. The first-order valence-electron chi connectivity index (χ1n) is 8.33. The number of anilines is 2. The molecule has 0 atom stereocenters. The van der Waals surface area contributed by atoms with E-state index in [0.717, 1.165) is 12.8 Å². The van der Waals surface area contributed by atoms with Gasteiger partial charge in [0, 0.05) is 11.1 Å². The number of nitrogens with zero attached hydrogens (tertiary/aromatic N) is 2. The number of esters is 1. The molecule has 0 spiro atoms. The highest BCUT2D eigenvalue weighted by atomic mass is 16.5. The van der Waals surface area contributed by atoms with Crippen LogP contribution in [0, 0.1) is 0 Å². The van der Waals surface area contributed by atoms with Crippen LogP contribution in [0.1, 0.15) is 56.6 Å². The Morgan fingerprint density at radius 3 is 2.44 bits per heavy atom. The molecule has 0 unspecified atom stereocenters. The lowest BCUT2D eigenvalue weighted by Gasteiger charge is -2.15. The summed E-state index contributed by atoms with van der Waals surface area (Å²) in [6, 6.07) is 6.75. The smallest absolute Gasteiger partial charge is 0.338 e. The fourth-order valence-electron chi connectivity index (χ4n) is 2.10. The summed E-state index contributed by atoms with van der Waals surface area (Å²) in [5.74, 6) is -0.0981. The number of hydrogen-bond donors (Lipinski definition) is 2. The molecule has 1 aromatic heterocycles. The number of rotatable bonds is 6. The standard InChI is InChI=1S/C18H24N4O3/c1-5-6-11-25-16(24)12-7-9-13(10-8-12)19-17-20-15(23)14(21-22-17)18(2,3)4/h7-10H,5-6,11H2,1-4H3,(H2,19,20,22,23). The number of hydrogen-bond acceptors (Lipinski definition) is 6. The molecule has 0 amide bonds. The number of benzene rings is 1. The maximum Gasteiger partial charge on any atom is 0.338 e. The summed E-state index contributed by atoms with van der Waals surface area (Å²) in [5, 5.41) is 11.0. The first-order chi connectivity index (χ1) is 11.8. The lowest BCUT2D eigenvalue weighted by molar-refractivity contribution is 0.0500. The fourth-order valence-corrected chi connectivity index (χ4v) is 2.10. The third-order valence-electron chi connectivity index (χ3n) is 3.52. The van der Waals surface area contributed by atoms with Crippen molar-refractivity contribution in [1.82, 2.24) is 15.2 Å². The van der Waals surface area contributed by atoms with Gasteiger partial charge in [-0.2, -0.15) is 0 Å². The minimum Gasteiger partial charge on any atom is -0.462 e. The zero-order valence-corrected chi connectivity index (χ0v) is 15.0. The topological polar surface area (TPSA) is 97.0 Å². The van der Waals surface area contributed by atoms with Gasteiger partial charge in [-0.05, 0) is 30.7 Å². The lowest BCUT2D eigenvalue weighted by Crippen LogP contribution is -2.28. The molecule has 0 aliphatic carbocycles. The number of carbonyl (C=O) groups is 1. The van der Waals surface area contributed by atoms with E-state index in [0.29, 0.717) is 23.6 Å². The van der Waals surface area contributed by atoms with Gasteiger partial charge in [0.15, 0.2) is 0 Å². The van der Waals surface area contributed by atoms with E-state index in [1.807, 2.05) is 27.7 Å². The van der Waals surface area contributed by atoms with Gasteiger partial charge < -0.3 is 10.1 Å². The van der Waals surface area contributed by atoms with Crippen LogP contribution in [-0.2, 0) is 10.2 Å². The molecule has 0 saturated carbocycles. The number of ether oxygens (including phenoxy) is 1. The second kappa shape index (κ2) is 7.92. The SMILES string of the molecule is CCCCOC(=O)c1ccc(Nc2nnc(C(C)(C)C)c(=O)[nH]2)cc1. The quantitative estimate of drug-likeness (QED) is 0.617. The van der Waals surface area contributed by atoms with Crippen molar-refractivity contribution in [3.05, 3.63) is 45.9 Å². The van der Waals surface area contributed by atoms with Crippen LogP contribution in [0.3, 0.4) is 0 Å². The van der Waals surface area contributed by atoms with Gasteiger partial charge in [-0.3, -0.25) is 9.78 Å². The molecular formula is C18H24N4O3. The van der Waals surface area contributed by atoms with Crippen LogP contribution in [0.5, 0.6) is 0 Å². The average molecular weight is 344 g/mol. The Kier molecular flexibility index (Phi) is 5.90. The number of aromatic nitrogens is 3. The van der Waals surface area contributed by atoms with E-state index in [9.17, 15) is 9.59 Å².